The first-order chi connectivity index (χ1) is 12.1. The topological polar surface area (TPSA) is 79.0 Å². The van der Waals surface area contributed by atoms with Crippen LogP contribution in [0.3, 0.4) is 0 Å². The van der Waals surface area contributed by atoms with Gasteiger partial charge in [0.15, 0.2) is 0 Å². The molecule has 5 nitrogen and oxygen atoms in total. The fraction of sp³-hybridized carbons (Fsp3) is 0.0667. The number of hydrogen-bond acceptors (Lipinski definition) is 3. The van der Waals surface area contributed by atoms with Gasteiger partial charge in [0.05, 0.1) is 36.9 Å². The lowest BCUT2D eigenvalue weighted by Gasteiger charge is -2.09. The van der Waals surface area contributed by atoms with Gasteiger partial charge in [-0.25, -0.2) is 17.2 Å². The second-order valence-corrected chi connectivity index (χ2v) is 9.04. The fourth-order valence-corrected chi connectivity index (χ4v) is 5.09. The highest BCUT2D eigenvalue weighted by Gasteiger charge is 2.24. The number of aromatic amines is 1. The predicted molar refractivity (Wildman–Crippen MR) is 97.8 cm³/mol. The van der Waals surface area contributed by atoms with E-state index in [-0.39, 0.29) is 25.7 Å². The maximum absolute atomic E-state index is 13.9. The zero-order chi connectivity index (χ0) is 19.2. The van der Waals surface area contributed by atoms with Crippen LogP contribution in [0.15, 0.2) is 40.3 Å². The highest BCUT2D eigenvalue weighted by atomic mass is 35.5. The van der Waals surface area contributed by atoms with Crippen LogP contribution >= 0.6 is 23.2 Å². The number of fused-ring (bicyclic) bond motifs is 1. The monoisotopic (exact) mass is 438 g/mol. The molecule has 0 fully saturated rings. The van der Waals surface area contributed by atoms with Crippen molar-refractivity contribution in [2.75, 3.05) is 11.0 Å². The molecule has 2 N–H and O–H groups in total. The quantitative estimate of drug-likeness (QED) is 0.596. The molecule has 3 rings (SSSR count). The molecule has 0 radical (unpaired) electrons. The summed E-state index contributed by atoms with van der Waals surface area (Å²) < 4.78 is 66.5. The van der Waals surface area contributed by atoms with Crippen LogP contribution < -0.4 is 4.72 Å². The second kappa shape index (κ2) is 6.80. The number of aromatic nitrogens is 1. The molecular weight excluding hydrogens is 429 g/mol. The molecule has 1 unspecified atom stereocenters. The molecular formula is C15H10Cl2F2N2O3S2. The summed E-state index contributed by atoms with van der Waals surface area (Å²) in [6.45, 7) is 0. The summed E-state index contributed by atoms with van der Waals surface area (Å²) in [5.74, 6) is -2.00. The van der Waals surface area contributed by atoms with Gasteiger partial charge >= 0.3 is 0 Å². The predicted octanol–water partition coefficient (Wildman–Crippen LogP) is 4.29. The third kappa shape index (κ3) is 3.32. The maximum atomic E-state index is 13.9. The van der Waals surface area contributed by atoms with E-state index in [1.807, 2.05) is 4.72 Å². The summed E-state index contributed by atoms with van der Waals surface area (Å²) in [5.41, 5.74) is -0.309. The molecule has 0 saturated heterocycles. The molecule has 2 aromatic carbocycles. The van der Waals surface area contributed by atoms with Crippen molar-refractivity contribution in [3.8, 4) is 0 Å². The van der Waals surface area contributed by atoms with Crippen LogP contribution in [-0.4, -0.2) is 23.9 Å². The standard InChI is InChI=1S/C15H10Cl2F2N2O3S2/c1-25(22)15-8(16)3-2-7-13(6-20-14(7)15)26(23,24)21-12-5-10(18)9(17)4-11(12)19/h2-6,20-21H,1H3. The first-order valence-electron chi connectivity index (χ1n) is 6.92. The Balaban J connectivity index is 2.13. The minimum Gasteiger partial charge on any atom is -0.359 e. The molecule has 26 heavy (non-hydrogen) atoms. The highest BCUT2D eigenvalue weighted by molar-refractivity contribution is 7.93. The smallest absolute Gasteiger partial charge is 0.264 e. The number of benzene rings is 2. The van der Waals surface area contributed by atoms with Crippen LogP contribution in [0.4, 0.5) is 14.5 Å². The lowest BCUT2D eigenvalue weighted by atomic mass is 10.2. The van der Waals surface area contributed by atoms with Gasteiger partial charge in [0.1, 0.15) is 16.5 Å². The molecule has 0 amide bonds. The Kier molecular flexibility index (Phi) is 5.00. The number of H-pyrrole nitrogens is 1. The van der Waals surface area contributed by atoms with E-state index in [0.717, 1.165) is 6.20 Å². The Morgan fingerprint density at radius 2 is 1.81 bits per heavy atom. The van der Waals surface area contributed by atoms with Gasteiger partial charge in [-0.3, -0.25) is 8.93 Å². The van der Waals surface area contributed by atoms with Crippen molar-refractivity contribution in [3.05, 3.63) is 52.1 Å². The molecule has 0 spiro atoms. The Bertz CT molecular complexity index is 1160. The molecule has 138 valence electrons. The summed E-state index contributed by atoms with van der Waals surface area (Å²) in [6.07, 6.45) is 2.56. The van der Waals surface area contributed by atoms with Crippen LogP contribution in [0.2, 0.25) is 10.0 Å². The first-order valence-corrected chi connectivity index (χ1v) is 10.7. The first kappa shape index (κ1) is 19.1. The van der Waals surface area contributed by atoms with Gasteiger partial charge in [-0.15, -0.1) is 0 Å². The van der Waals surface area contributed by atoms with Crippen LogP contribution in [-0.2, 0) is 20.8 Å². The Morgan fingerprint density at radius 1 is 1.12 bits per heavy atom. The van der Waals surface area contributed by atoms with Crippen molar-refractivity contribution in [2.24, 2.45) is 0 Å². The largest absolute Gasteiger partial charge is 0.359 e. The van der Waals surface area contributed by atoms with Crippen LogP contribution in [0.5, 0.6) is 0 Å². The average Bonchev–Trinajstić information content (AvgIpc) is 2.96. The lowest BCUT2D eigenvalue weighted by molar-refractivity contribution is 0.595. The van der Waals surface area contributed by atoms with Crippen molar-refractivity contribution < 1.29 is 21.4 Å². The van der Waals surface area contributed by atoms with Crippen LogP contribution in [0, 0.1) is 11.6 Å². The van der Waals surface area contributed by atoms with Gasteiger partial charge < -0.3 is 4.98 Å². The minimum atomic E-state index is -4.28. The van der Waals surface area contributed by atoms with E-state index in [1.54, 1.807) is 0 Å². The maximum Gasteiger partial charge on any atom is 0.264 e. The summed E-state index contributed by atoms with van der Waals surface area (Å²) in [6, 6.07) is 4.16. The summed E-state index contributed by atoms with van der Waals surface area (Å²) in [5, 5.41) is -0.0490. The summed E-state index contributed by atoms with van der Waals surface area (Å²) >= 11 is 11.5. The summed E-state index contributed by atoms with van der Waals surface area (Å²) in [7, 11) is -5.76. The lowest BCUT2D eigenvalue weighted by Crippen LogP contribution is -2.14. The molecule has 0 aliphatic rings. The molecule has 1 atom stereocenters. The average molecular weight is 439 g/mol. The fourth-order valence-electron chi connectivity index (χ4n) is 2.43. The summed E-state index contributed by atoms with van der Waals surface area (Å²) in [4.78, 5) is 2.73. The van der Waals surface area contributed by atoms with E-state index < -0.39 is 43.2 Å². The van der Waals surface area contributed by atoms with Crippen molar-refractivity contribution >= 4 is 60.6 Å². The zero-order valence-electron chi connectivity index (χ0n) is 12.9. The van der Waals surface area contributed by atoms with Crippen LogP contribution in [0.25, 0.3) is 10.9 Å². The third-order valence-corrected chi connectivity index (χ3v) is 6.68. The van der Waals surface area contributed by atoms with E-state index in [0.29, 0.717) is 12.1 Å². The van der Waals surface area contributed by atoms with Gasteiger partial charge in [0.2, 0.25) is 0 Å². The van der Waals surface area contributed by atoms with E-state index in [4.69, 9.17) is 23.2 Å². The molecule has 11 heteroatoms. The Hall–Kier alpha value is -1.68. The molecule has 1 heterocycles. The van der Waals surface area contributed by atoms with Gasteiger partial charge in [0, 0.05) is 23.9 Å². The Labute approximate surface area is 159 Å². The van der Waals surface area contributed by atoms with E-state index in [1.165, 1.54) is 18.4 Å². The van der Waals surface area contributed by atoms with Crippen LogP contribution in [0.1, 0.15) is 0 Å². The van der Waals surface area contributed by atoms with Gasteiger partial charge in [-0.05, 0) is 18.2 Å². The van der Waals surface area contributed by atoms with Gasteiger partial charge in [-0.1, -0.05) is 23.2 Å². The number of anilines is 1. The molecule has 0 saturated carbocycles. The number of hydrogen-bond donors (Lipinski definition) is 2. The SMILES string of the molecule is CS(=O)c1c(Cl)ccc2c(S(=O)(=O)Nc3cc(F)c(Cl)cc3F)c[nH]c12. The molecule has 1 aromatic heterocycles. The van der Waals surface area contributed by atoms with E-state index in [2.05, 4.69) is 4.98 Å². The number of rotatable bonds is 4. The molecule has 3 aromatic rings. The molecule has 0 aliphatic carbocycles. The Morgan fingerprint density at radius 3 is 2.46 bits per heavy atom. The van der Waals surface area contributed by atoms with E-state index in [9.17, 15) is 21.4 Å². The highest BCUT2D eigenvalue weighted by Crippen LogP contribution is 2.33. The zero-order valence-corrected chi connectivity index (χ0v) is 16.1. The minimum absolute atomic E-state index is 0.210. The normalized spacial score (nSPS) is 13.1. The van der Waals surface area contributed by atoms with Crippen molar-refractivity contribution in [3.63, 3.8) is 0 Å². The number of halogens is 4. The van der Waals surface area contributed by atoms with Gasteiger partial charge in [0.25, 0.3) is 10.0 Å². The third-order valence-electron chi connectivity index (χ3n) is 3.55. The molecule has 0 aliphatic heterocycles. The van der Waals surface area contributed by atoms with Crippen molar-refractivity contribution in [1.82, 2.24) is 4.98 Å². The van der Waals surface area contributed by atoms with Gasteiger partial charge in [-0.2, -0.15) is 0 Å². The second-order valence-electron chi connectivity index (χ2n) is 5.26. The number of nitrogens with one attached hydrogen (secondary N) is 2. The van der Waals surface area contributed by atoms with Crippen molar-refractivity contribution in [1.29, 1.82) is 0 Å². The van der Waals surface area contributed by atoms with Crippen molar-refractivity contribution in [2.45, 2.75) is 9.79 Å². The van der Waals surface area contributed by atoms with E-state index >= 15 is 0 Å². The molecule has 0 bridgehead atoms. The number of sulfonamides is 1.